The van der Waals surface area contributed by atoms with Crippen LogP contribution in [0.5, 0.6) is 0 Å². The third-order valence-electron chi connectivity index (χ3n) is 4.08. The van der Waals surface area contributed by atoms with Crippen molar-refractivity contribution < 1.29 is 0 Å². The highest BCUT2D eigenvalue weighted by Crippen LogP contribution is 2.13. The van der Waals surface area contributed by atoms with Crippen LogP contribution >= 0.6 is 0 Å². The Morgan fingerprint density at radius 1 is 1.33 bits per heavy atom. The van der Waals surface area contributed by atoms with Gasteiger partial charge in [0.2, 0.25) is 0 Å². The first-order valence-electron chi connectivity index (χ1n) is 7.78. The molecule has 2 heterocycles. The van der Waals surface area contributed by atoms with Crippen LogP contribution in [0.2, 0.25) is 0 Å². The highest BCUT2D eigenvalue weighted by molar-refractivity contribution is 5.28. The first-order chi connectivity index (χ1) is 10.4. The Hall–Kier alpha value is -1.72. The van der Waals surface area contributed by atoms with Gasteiger partial charge in [0.15, 0.2) is 0 Å². The zero-order chi connectivity index (χ0) is 14.5. The first kappa shape index (κ1) is 14.2. The van der Waals surface area contributed by atoms with E-state index in [1.165, 1.54) is 12.8 Å². The van der Waals surface area contributed by atoms with Gasteiger partial charge in [-0.25, -0.2) is 0 Å². The lowest BCUT2D eigenvalue weighted by Crippen LogP contribution is -2.45. The molecule has 1 aromatic heterocycles. The fourth-order valence-electron chi connectivity index (χ4n) is 2.91. The van der Waals surface area contributed by atoms with Crippen molar-refractivity contribution in [2.75, 3.05) is 19.6 Å². The summed E-state index contributed by atoms with van der Waals surface area (Å²) in [5.74, 6) is 0. The van der Waals surface area contributed by atoms with E-state index in [1.807, 2.05) is 36.5 Å². The lowest BCUT2D eigenvalue weighted by molar-refractivity contribution is 0.164. The van der Waals surface area contributed by atoms with Crippen LogP contribution in [-0.4, -0.2) is 45.6 Å². The summed E-state index contributed by atoms with van der Waals surface area (Å²) in [6.45, 7) is 6.37. The van der Waals surface area contributed by atoms with Gasteiger partial charge < -0.3 is 5.32 Å². The van der Waals surface area contributed by atoms with Gasteiger partial charge in [-0.3, -0.25) is 4.90 Å². The summed E-state index contributed by atoms with van der Waals surface area (Å²) in [6.07, 6.45) is 4.41. The van der Waals surface area contributed by atoms with E-state index >= 15 is 0 Å². The van der Waals surface area contributed by atoms with Crippen LogP contribution < -0.4 is 5.32 Å². The van der Waals surface area contributed by atoms with Crippen LogP contribution in [-0.2, 0) is 6.54 Å². The molecule has 21 heavy (non-hydrogen) atoms. The SMILES string of the molecule is CCN(Cc1cnn(-c2ccccc2)n1)C1CCCNC1. The zero-order valence-electron chi connectivity index (χ0n) is 12.6. The summed E-state index contributed by atoms with van der Waals surface area (Å²) in [7, 11) is 0. The van der Waals surface area contributed by atoms with Crippen LogP contribution in [0.25, 0.3) is 5.69 Å². The molecular weight excluding hydrogens is 262 g/mol. The van der Waals surface area contributed by atoms with Gasteiger partial charge in [-0.15, -0.1) is 0 Å². The van der Waals surface area contributed by atoms with Gasteiger partial charge >= 0.3 is 0 Å². The quantitative estimate of drug-likeness (QED) is 0.910. The molecule has 112 valence electrons. The smallest absolute Gasteiger partial charge is 0.0971 e. The monoisotopic (exact) mass is 285 g/mol. The van der Waals surface area contributed by atoms with E-state index < -0.39 is 0 Å². The Balaban J connectivity index is 1.68. The van der Waals surface area contributed by atoms with E-state index in [0.29, 0.717) is 6.04 Å². The van der Waals surface area contributed by atoms with Crippen molar-refractivity contribution in [3.05, 3.63) is 42.2 Å². The van der Waals surface area contributed by atoms with Crippen molar-refractivity contribution in [1.29, 1.82) is 0 Å². The average Bonchev–Trinajstić information content (AvgIpc) is 3.03. The van der Waals surface area contributed by atoms with Crippen LogP contribution in [0.3, 0.4) is 0 Å². The second-order valence-electron chi connectivity index (χ2n) is 5.52. The second kappa shape index (κ2) is 6.83. The Labute approximate surface area is 126 Å². The molecule has 1 fully saturated rings. The van der Waals surface area contributed by atoms with Crippen LogP contribution in [0.1, 0.15) is 25.5 Å². The van der Waals surface area contributed by atoms with E-state index in [0.717, 1.165) is 37.6 Å². The summed E-state index contributed by atoms with van der Waals surface area (Å²) in [6, 6.07) is 10.7. The number of piperidine rings is 1. The number of likely N-dealkylation sites (N-methyl/N-ethyl adjacent to an activating group) is 1. The Kier molecular flexibility index (Phi) is 4.62. The molecule has 1 aromatic carbocycles. The molecule has 0 radical (unpaired) electrons. The van der Waals surface area contributed by atoms with Crippen LogP contribution in [0.4, 0.5) is 0 Å². The average molecular weight is 285 g/mol. The third-order valence-corrected chi connectivity index (χ3v) is 4.08. The molecule has 0 amide bonds. The van der Waals surface area contributed by atoms with Gasteiger partial charge in [0.05, 0.1) is 17.6 Å². The standard InChI is InChI=1S/C16H23N5/c1-2-20(16-9-6-10-17-12-16)13-14-11-18-21(19-14)15-7-4-3-5-8-15/h3-5,7-8,11,16-17H,2,6,9-10,12-13H2,1H3. The lowest BCUT2D eigenvalue weighted by Gasteiger charge is -2.33. The molecule has 1 unspecified atom stereocenters. The normalized spacial score (nSPS) is 19.0. The van der Waals surface area contributed by atoms with E-state index in [9.17, 15) is 0 Å². The van der Waals surface area contributed by atoms with E-state index in [4.69, 9.17) is 0 Å². The summed E-state index contributed by atoms with van der Waals surface area (Å²) in [4.78, 5) is 4.20. The maximum Gasteiger partial charge on any atom is 0.0971 e. The van der Waals surface area contributed by atoms with Gasteiger partial charge in [-0.1, -0.05) is 25.1 Å². The molecule has 0 saturated carbocycles. The van der Waals surface area contributed by atoms with Gasteiger partial charge in [0, 0.05) is 19.1 Å². The lowest BCUT2D eigenvalue weighted by atomic mass is 10.1. The molecule has 0 spiro atoms. The molecule has 1 saturated heterocycles. The number of aromatic nitrogens is 3. The van der Waals surface area contributed by atoms with Gasteiger partial charge in [-0.05, 0) is 38.1 Å². The highest BCUT2D eigenvalue weighted by atomic mass is 15.5. The first-order valence-corrected chi connectivity index (χ1v) is 7.78. The molecule has 5 nitrogen and oxygen atoms in total. The van der Waals surface area contributed by atoms with Crippen LogP contribution in [0, 0.1) is 0 Å². The molecule has 3 rings (SSSR count). The summed E-state index contributed by atoms with van der Waals surface area (Å²) in [5.41, 5.74) is 2.04. The fraction of sp³-hybridized carbons (Fsp3) is 0.500. The number of rotatable bonds is 5. The number of benzene rings is 1. The number of hydrogen-bond donors (Lipinski definition) is 1. The second-order valence-corrected chi connectivity index (χ2v) is 5.52. The number of para-hydroxylation sites is 1. The minimum atomic E-state index is 0.616. The van der Waals surface area contributed by atoms with Gasteiger partial charge in [0.25, 0.3) is 0 Å². The van der Waals surface area contributed by atoms with Crippen molar-refractivity contribution in [2.24, 2.45) is 0 Å². The predicted molar refractivity (Wildman–Crippen MR) is 83.3 cm³/mol. The molecule has 0 aliphatic carbocycles. The highest BCUT2D eigenvalue weighted by Gasteiger charge is 2.20. The van der Waals surface area contributed by atoms with Gasteiger partial charge in [-0.2, -0.15) is 15.0 Å². The van der Waals surface area contributed by atoms with E-state index in [1.54, 1.807) is 4.80 Å². The molecule has 0 bridgehead atoms. The minimum Gasteiger partial charge on any atom is -0.315 e. The topological polar surface area (TPSA) is 46.0 Å². The Morgan fingerprint density at radius 2 is 2.19 bits per heavy atom. The number of hydrogen-bond acceptors (Lipinski definition) is 4. The van der Waals surface area contributed by atoms with E-state index in [-0.39, 0.29) is 0 Å². The number of nitrogens with one attached hydrogen (secondary N) is 1. The number of nitrogens with zero attached hydrogens (tertiary/aromatic N) is 4. The fourth-order valence-corrected chi connectivity index (χ4v) is 2.91. The van der Waals surface area contributed by atoms with Crippen LogP contribution in [0.15, 0.2) is 36.5 Å². The minimum absolute atomic E-state index is 0.616. The molecule has 5 heteroatoms. The largest absolute Gasteiger partial charge is 0.315 e. The van der Waals surface area contributed by atoms with Crippen molar-refractivity contribution >= 4 is 0 Å². The molecule has 1 atom stereocenters. The van der Waals surface area contributed by atoms with Crippen molar-refractivity contribution in [3.63, 3.8) is 0 Å². The molecule has 2 aromatic rings. The Bertz CT molecular complexity index is 545. The summed E-state index contributed by atoms with van der Waals surface area (Å²) < 4.78 is 0. The third kappa shape index (κ3) is 3.49. The molecule has 1 N–H and O–H groups in total. The van der Waals surface area contributed by atoms with Crippen molar-refractivity contribution in [1.82, 2.24) is 25.2 Å². The van der Waals surface area contributed by atoms with Crippen molar-refractivity contribution in [3.8, 4) is 5.69 Å². The molecular formula is C16H23N5. The summed E-state index contributed by atoms with van der Waals surface area (Å²) in [5, 5.41) is 12.5. The maximum absolute atomic E-state index is 4.61. The summed E-state index contributed by atoms with van der Waals surface area (Å²) >= 11 is 0. The van der Waals surface area contributed by atoms with E-state index in [2.05, 4.69) is 27.3 Å². The predicted octanol–water partition coefficient (Wildman–Crippen LogP) is 1.84. The zero-order valence-corrected chi connectivity index (χ0v) is 12.6. The molecule has 1 aliphatic rings. The maximum atomic E-state index is 4.61. The van der Waals surface area contributed by atoms with Gasteiger partial charge in [0.1, 0.15) is 0 Å². The van der Waals surface area contributed by atoms with Crippen molar-refractivity contribution in [2.45, 2.75) is 32.4 Å². The molecule has 1 aliphatic heterocycles. The Morgan fingerprint density at radius 3 is 2.90 bits per heavy atom.